The van der Waals surface area contributed by atoms with Crippen LogP contribution in [0.1, 0.15) is 26.7 Å². The minimum atomic E-state index is -0.227. The molecule has 0 aromatic carbocycles. The number of nitrogens with one attached hydrogen (secondary N) is 1. The van der Waals surface area contributed by atoms with Crippen LogP contribution in [0.4, 0.5) is 0 Å². The van der Waals surface area contributed by atoms with Crippen molar-refractivity contribution in [3.63, 3.8) is 0 Å². The number of hydrogen-bond donors (Lipinski definition) is 2. The summed E-state index contributed by atoms with van der Waals surface area (Å²) in [5, 5.41) is 12.1. The van der Waals surface area contributed by atoms with Gasteiger partial charge < -0.3 is 10.4 Å². The zero-order valence-electron chi connectivity index (χ0n) is 6.52. The molecule has 0 unspecified atom stereocenters. The molecule has 0 aromatic heterocycles. The summed E-state index contributed by atoms with van der Waals surface area (Å²) in [7, 11) is 1.88. The van der Waals surface area contributed by atoms with Gasteiger partial charge in [-0.3, -0.25) is 0 Å². The number of aliphatic hydroxyl groups is 1. The first-order valence-corrected chi connectivity index (χ1v) is 3.57. The summed E-state index contributed by atoms with van der Waals surface area (Å²) in [6, 6.07) is 0.273. The van der Waals surface area contributed by atoms with Crippen LogP contribution in [0.25, 0.3) is 0 Å². The highest BCUT2D eigenvalue weighted by Crippen LogP contribution is 1.99. The van der Waals surface area contributed by atoms with Crippen molar-refractivity contribution >= 4 is 0 Å². The molecule has 56 valence electrons. The average Bonchev–Trinajstić information content (AvgIpc) is 1.82. The summed E-state index contributed by atoms with van der Waals surface area (Å²) in [5.41, 5.74) is 0. The first kappa shape index (κ1) is 8.92. The lowest BCUT2D eigenvalue weighted by Gasteiger charge is -2.17. The van der Waals surface area contributed by atoms with E-state index in [1.165, 1.54) is 0 Å². The zero-order chi connectivity index (χ0) is 7.28. The van der Waals surface area contributed by atoms with Crippen molar-refractivity contribution in [3.8, 4) is 0 Å². The minimum absolute atomic E-state index is 0.227. The van der Waals surface area contributed by atoms with Crippen molar-refractivity contribution in [2.45, 2.75) is 38.8 Å². The molecule has 0 aliphatic carbocycles. The molecule has 2 heteroatoms. The van der Waals surface area contributed by atoms with Gasteiger partial charge >= 0.3 is 0 Å². The monoisotopic (exact) mass is 131 g/mol. The van der Waals surface area contributed by atoms with Crippen LogP contribution in [-0.4, -0.2) is 24.3 Å². The van der Waals surface area contributed by atoms with Gasteiger partial charge in [0.2, 0.25) is 0 Å². The Morgan fingerprint density at radius 2 is 2.11 bits per heavy atom. The van der Waals surface area contributed by atoms with Crippen LogP contribution < -0.4 is 5.32 Å². The average molecular weight is 131 g/mol. The van der Waals surface area contributed by atoms with Gasteiger partial charge in [0, 0.05) is 6.04 Å². The van der Waals surface area contributed by atoms with Crippen molar-refractivity contribution in [2.24, 2.45) is 0 Å². The Balaban J connectivity index is 3.41. The van der Waals surface area contributed by atoms with Crippen LogP contribution in [0.15, 0.2) is 0 Å². The second-order valence-electron chi connectivity index (χ2n) is 2.42. The Kier molecular flexibility index (Phi) is 4.72. The molecule has 9 heavy (non-hydrogen) atoms. The number of rotatable bonds is 4. The second-order valence-corrected chi connectivity index (χ2v) is 2.42. The largest absolute Gasteiger partial charge is 0.392 e. The maximum absolute atomic E-state index is 9.08. The fourth-order valence-electron chi connectivity index (χ4n) is 0.938. The topological polar surface area (TPSA) is 32.3 Å². The van der Waals surface area contributed by atoms with E-state index in [-0.39, 0.29) is 12.1 Å². The summed E-state index contributed by atoms with van der Waals surface area (Å²) < 4.78 is 0. The Morgan fingerprint density at radius 1 is 1.56 bits per heavy atom. The molecule has 0 aliphatic heterocycles. The quantitative estimate of drug-likeness (QED) is 0.590. The van der Waals surface area contributed by atoms with Gasteiger partial charge in [0.25, 0.3) is 0 Å². The maximum atomic E-state index is 9.08. The Labute approximate surface area is 57.3 Å². The van der Waals surface area contributed by atoms with Gasteiger partial charge in [-0.2, -0.15) is 0 Å². The molecule has 0 heterocycles. The smallest absolute Gasteiger partial charge is 0.0664 e. The summed E-state index contributed by atoms with van der Waals surface area (Å²) in [5.74, 6) is 0. The highest BCUT2D eigenvalue weighted by molar-refractivity contribution is 4.68. The lowest BCUT2D eigenvalue weighted by molar-refractivity contribution is 0.144. The highest BCUT2D eigenvalue weighted by atomic mass is 16.3. The van der Waals surface area contributed by atoms with E-state index >= 15 is 0 Å². The van der Waals surface area contributed by atoms with Gasteiger partial charge in [0.15, 0.2) is 0 Å². The Hall–Kier alpha value is -0.0800. The fourth-order valence-corrected chi connectivity index (χ4v) is 0.938. The molecule has 0 bridgehead atoms. The van der Waals surface area contributed by atoms with Gasteiger partial charge in [-0.15, -0.1) is 0 Å². The second kappa shape index (κ2) is 4.77. The predicted octanol–water partition coefficient (Wildman–Crippen LogP) is 0.755. The minimum Gasteiger partial charge on any atom is -0.392 e. The van der Waals surface area contributed by atoms with E-state index in [2.05, 4.69) is 12.2 Å². The number of likely N-dealkylation sites (N-methyl/N-ethyl adjacent to an activating group) is 1. The van der Waals surface area contributed by atoms with E-state index in [0.29, 0.717) is 0 Å². The molecule has 0 saturated carbocycles. The predicted molar refractivity (Wildman–Crippen MR) is 39.4 cm³/mol. The van der Waals surface area contributed by atoms with Gasteiger partial charge in [-0.25, -0.2) is 0 Å². The molecule has 2 nitrogen and oxygen atoms in total. The van der Waals surface area contributed by atoms with Crippen LogP contribution in [0.2, 0.25) is 0 Å². The highest BCUT2D eigenvalue weighted by Gasteiger charge is 2.09. The number of hydrogen-bond acceptors (Lipinski definition) is 2. The van der Waals surface area contributed by atoms with E-state index < -0.39 is 0 Å². The fraction of sp³-hybridized carbons (Fsp3) is 1.00. The molecule has 2 N–H and O–H groups in total. The Morgan fingerprint density at radius 3 is 2.22 bits per heavy atom. The molecule has 0 spiro atoms. The first-order valence-electron chi connectivity index (χ1n) is 3.57. The first-order chi connectivity index (χ1) is 4.22. The van der Waals surface area contributed by atoms with Gasteiger partial charge in [-0.1, -0.05) is 13.3 Å². The summed E-state index contributed by atoms with van der Waals surface area (Å²) >= 11 is 0. The molecular weight excluding hydrogens is 114 g/mol. The molecule has 0 aromatic rings. The third-order valence-corrected chi connectivity index (χ3v) is 1.55. The van der Waals surface area contributed by atoms with Crippen LogP contribution in [-0.2, 0) is 0 Å². The molecule has 0 fully saturated rings. The van der Waals surface area contributed by atoms with Crippen molar-refractivity contribution in [1.29, 1.82) is 0 Å². The third kappa shape index (κ3) is 3.49. The van der Waals surface area contributed by atoms with Crippen molar-refractivity contribution in [1.82, 2.24) is 5.32 Å². The molecule has 0 amide bonds. The van der Waals surface area contributed by atoms with E-state index in [1.807, 2.05) is 14.0 Å². The molecule has 0 radical (unpaired) electrons. The van der Waals surface area contributed by atoms with Crippen LogP contribution in [0, 0.1) is 0 Å². The molecular formula is C7H17NO. The van der Waals surface area contributed by atoms with Gasteiger partial charge in [0.05, 0.1) is 6.10 Å². The Bertz CT molecular complexity index is 63.9. The summed E-state index contributed by atoms with van der Waals surface area (Å²) in [6.07, 6.45) is 1.94. The zero-order valence-corrected chi connectivity index (χ0v) is 6.52. The van der Waals surface area contributed by atoms with Gasteiger partial charge in [-0.05, 0) is 20.4 Å². The van der Waals surface area contributed by atoms with Crippen LogP contribution in [0.3, 0.4) is 0 Å². The summed E-state index contributed by atoms with van der Waals surface area (Å²) in [6.45, 7) is 3.93. The number of aliphatic hydroxyl groups excluding tert-OH is 1. The van der Waals surface area contributed by atoms with Gasteiger partial charge in [0.1, 0.15) is 0 Å². The van der Waals surface area contributed by atoms with E-state index in [0.717, 1.165) is 12.8 Å². The maximum Gasteiger partial charge on any atom is 0.0664 e. The van der Waals surface area contributed by atoms with E-state index in [4.69, 9.17) is 5.11 Å². The molecule has 0 rings (SSSR count). The summed E-state index contributed by atoms with van der Waals surface area (Å²) in [4.78, 5) is 0. The third-order valence-electron chi connectivity index (χ3n) is 1.55. The molecule has 0 aliphatic rings. The van der Waals surface area contributed by atoms with Crippen molar-refractivity contribution < 1.29 is 5.11 Å². The lowest BCUT2D eigenvalue weighted by Crippen LogP contribution is -2.35. The van der Waals surface area contributed by atoms with E-state index in [1.54, 1.807) is 0 Å². The normalized spacial score (nSPS) is 17.3. The lowest BCUT2D eigenvalue weighted by atomic mass is 10.1. The molecule has 2 atom stereocenters. The van der Waals surface area contributed by atoms with Crippen molar-refractivity contribution in [2.75, 3.05) is 7.05 Å². The van der Waals surface area contributed by atoms with Crippen LogP contribution in [0.5, 0.6) is 0 Å². The van der Waals surface area contributed by atoms with E-state index in [9.17, 15) is 0 Å². The molecule has 0 saturated heterocycles. The standard InChI is InChI=1S/C7H17NO/c1-4-5-7(8-3)6(2)9/h6-9H,4-5H2,1-3H3/t6-,7-/m0/s1. The van der Waals surface area contributed by atoms with Crippen LogP contribution >= 0.6 is 0 Å². The SMILES string of the molecule is CCC[C@H](NC)[C@H](C)O. The van der Waals surface area contributed by atoms with Crippen molar-refractivity contribution in [3.05, 3.63) is 0 Å².